The highest BCUT2D eigenvalue weighted by Gasteiger charge is 2.17. The molecule has 3 aromatic carbocycles. The Labute approximate surface area is 144 Å². The van der Waals surface area contributed by atoms with Gasteiger partial charge in [0.15, 0.2) is 0 Å². The SMILES string of the molecule is O=S(=O)(Nc1ccc(O)c2ncccc12)c1ccc2ccccc2c1. The van der Waals surface area contributed by atoms with E-state index in [9.17, 15) is 13.5 Å². The van der Waals surface area contributed by atoms with Crippen molar-refractivity contribution in [3.63, 3.8) is 0 Å². The minimum atomic E-state index is -3.77. The van der Waals surface area contributed by atoms with E-state index in [0.29, 0.717) is 16.6 Å². The molecular weight excluding hydrogens is 336 g/mol. The second-order valence-electron chi connectivity index (χ2n) is 5.65. The van der Waals surface area contributed by atoms with Crippen LogP contribution in [0.4, 0.5) is 5.69 Å². The van der Waals surface area contributed by atoms with Gasteiger partial charge in [-0.25, -0.2) is 8.42 Å². The lowest BCUT2D eigenvalue weighted by Gasteiger charge is -2.11. The van der Waals surface area contributed by atoms with E-state index in [0.717, 1.165) is 10.8 Å². The van der Waals surface area contributed by atoms with E-state index in [1.54, 1.807) is 36.5 Å². The Morgan fingerprint density at radius 2 is 1.68 bits per heavy atom. The summed E-state index contributed by atoms with van der Waals surface area (Å²) in [7, 11) is -3.77. The molecule has 0 saturated heterocycles. The fourth-order valence-corrected chi connectivity index (χ4v) is 3.90. The number of sulfonamides is 1. The highest BCUT2D eigenvalue weighted by Crippen LogP contribution is 2.30. The summed E-state index contributed by atoms with van der Waals surface area (Å²) in [4.78, 5) is 4.28. The van der Waals surface area contributed by atoms with E-state index in [2.05, 4.69) is 9.71 Å². The van der Waals surface area contributed by atoms with Crippen LogP contribution in [0.3, 0.4) is 0 Å². The summed E-state index contributed by atoms with van der Waals surface area (Å²) in [6, 6.07) is 18.9. The Morgan fingerprint density at radius 1 is 0.880 bits per heavy atom. The average Bonchev–Trinajstić information content (AvgIpc) is 2.64. The normalized spacial score (nSPS) is 11.7. The summed E-state index contributed by atoms with van der Waals surface area (Å²) < 4.78 is 28.2. The van der Waals surface area contributed by atoms with Gasteiger partial charge in [0.2, 0.25) is 0 Å². The van der Waals surface area contributed by atoms with Gasteiger partial charge < -0.3 is 5.11 Å². The maximum absolute atomic E-state index is 12.8. The molecule has 5 nitrogen and oxygen atoms in total. The molecule has 2 N–H and O–H groups in total. The van der Waals surface area contributed by atoms with Crippen molar-refractivity contribution in [2.24, 2.45) is 0 Å². The lowest BCUT2D eigenvalue weighted by atomic mass is 10.1. The molecule has 0 aliphatic rings. The fourth-order valence-electron chi connectivity index (χ4n) is 2.78. The van der Waals surface area contributed by atoms with Crippen LogP contribution in [0.1, 0.15) is 0 Å². The Hall–Kier alpha value is -3.12. The molecule has 0 aliphatic heterocycles. The zero-order valence-corrected chi connectivity index (χ0v) is 13.9. The lowest BCUT2D eigenvalue weighted by molar-refractivity contribution is 0.480. The van der Waals surface area contributed by atoms with E-state index < -0.39 is 10.0 Å². The summed E-state index contributed by atoms with van der Waals surface area (Å²) in [5.74, 6) is 0.00394. The molecule has 4 rings (SSSR count). The number of nitrogens with zero attached hydrogens (tertiary/aromatic N) is 1. The van der Waals surface area contributed by atoms with Gasteiger partial charge in [0.05, 0.1) is 10.6 Å². The fraction of sp³-hybridized carbons (Fsp3) is 0. The molecule has 0 spiro atoms. The first-order chi connectivity index (χ1) is 12.0. The number of hydrogen-bond acceptors (Lipinski definition) is 4. The third-order valence-electron chi connectivity index (χ3n) is 4.02. The van der Waals surface area contributed by atoms with Crippen LogP contribution < -0.4 is 4.72 Å². The largest absolute Gasteiger partial charge is 0.506 e. The predicted molar refractivity (Wildman–Crippen MR) is 98.2 cm³/mol. The number of aromatic hydroxyl groups is 1. The Bertz CT molecular complexity index is 1200. The van der Waals surface area contributed by atoms with Crippen molar-refractivity contribution >= 4 is 37.4 Å². The number of anilines is 1. The number of fused-ring (bicyclic) bond motifs is 2. The first-order valence-corrected chi connectivity index (χ1v) is 9.11. The Morgan fingerprint density at radius 3 is 2.52 bits per heavy atom. The van der Waals surface area contributed by atoms with Crippen molar-refractivity contribution in [3.8, 4) is 5.75 Å². The topological polar surface area (TPSA) is 79.3 Å². The molecule has 4 aromatic rings. The number of phenolic OH excluding ortho intramolecular Hbond substituents is 1. The highest BCUT2D eigenvalue weighted by atomic mass is 32.2. The number of nitrogens with one attached hydrogen (secondary N) is 1. The van der Waals surface area contributed by atoms with Crippen molar-refractivity contribution in [1.29, 1.82) is 0 Å². The third-order valence-corrected chi connectivity index (χ3v) is 5.39. The van der Waals surface area contributed by atoms with Gasteiger partial charge in [0.1, 0.15) is 11.3 Å². The van der Waals surface area contributed by atoms with Gasteiger partial charge in [-0.1, -0.05) is 30.3 Å². The summed E-state index contributed by atoms with van der Waals surface area (Å²) in [5, 5.41) is 12.2. The van der Waals surface area contributed by atoms with Crippen LogP contribution >= 0.6 is 0 Å². The molecule has 124 valence electrons. The van der Waals surface area contributed by atoms with Gasteiger partial charge in [0, 0.05) is 11.6 Å². The van der Waals surface area contributed by atoms with Crippen LogP contribution in [-0.4, -0.2) is 18.5 Å². The van der Waals surface area contributed by atoms with Crippen molar-refractivity contribution in [2.75, 3.05) is 4.72 Å². The standard InChI is InChI=1S/C19H14N2O3S/c22-18-10-9-17(16-6-3-11-20-19(16)18)21-25(23,24)15-8-7-13-4-1-2-5-14(13)12-15/h1-12,21-22H. The molecule has 0 bridgehead atoms. The summed E-state index contributed by atoms with van der Waals surface area (Å²) in [5.41, 5.74) is 0.718. The second-order valence-corrected chi connectivity index (χ2v) is 7.33. The molecule has 0 radical (unpaired) electrons. The number of rotatable bonds is 3. The van der Waals surface area contributed by atoms with Crippen LogP contribution in [0.15, 0.2) is 77.8 Å². The molecule has 0 saturated carbocycles. The summed E-state index contributed by atoms with van der Waals surface area (Å²) in [6.45, 7) is 0. The molecule has 0 amide bonds. The van der Waals surface area contributed by atoms with Gasteiger partial charge in [-0.3, -0.25) is 9.71 Å². The molecule has 1 heterocycles. The zero-order chi connectivity index (χ0) is 17.4. The number of benzene rings is 3. The lowest BCUT2D eigenvalue weighted by Crippen LogP contribution is -2.13. The van der Waals surface area contributed by atoms with Gasteiger partial charge in [-0.2, -0.15) is 0 Å². The van der Waals surface area contributed by atoms with E-state index in [1.807, 2.05) is 24.3 Å². The van der Waals surface area contributed by atoms with Gasteiger partial charge in [0.25, 0.3) is 10.0 Å². The van der Waals surface area contributed by atoms with Gasteiger partial charge in [-0.05, 0) is 47.2 Å². The van der Waals surface area contributed by atoms with Gasteiger partial charge >= 0.3 is 0 Å². The number of hydrogen-bond donors (Lipinski definition) is 2. The molecule has 0 unspecified atom stereocenters. The first-order valence-electron chi connectivity index (χ1n) is 7.63. The number of pyridine rings is 1. The summed E-state index contributed by atoms with van der Waals surface area (Å²) in [6.07, 6.45) is 1.55. The van der Waals surface area contributed by atoms with E-state index in [1.165, 1.54) is 12.1 Å². The minimum absolute atomic E-state index is 0.00394. The van der Waals surface area contributed by atoms with E-state index in [-0.39, 0.29) is 10.6 Å². The van der Waals surface area contributed by atoms with Crippen LogP contribution in [0, 0.1) is 0 Å². The van der Waals surface area contributed by atoms with Crippen LogP contribution in [0.2, 0.25) is 0 Å². The number of phenols is 1. The predicted octanol–water partition coefficient (Wildman–Crippen LogP) is 3.89. The first kappa shape index (κ1) is 15.4. The molecular formula is C19H14N2O3S. The maximum atomic E-state index is 12.8. The molecule has 0 fully saturated rings. The Kier molecular flexibility index (Phi) is 3.54. The maximum Gasteiger partial charge on any atom is 0.261 e. The quantitative estimate of drug-likeness (QED) is 0.549. The monoisotopic (exact) mass is 350 g/mol. The molecule has 0 atom stereocenters. The van der Waals surface area contributed by atoms with E-state index >= 15 is 0 Å². The third kappa shape index (κ3) is 2.77. The van der Waals surface area contributed by atoms with Crippen molar-refractivity contribution < 1.29 is 13.5 Å². The van der Waals surface area contributed by atoms with Crippen LogP contribution in [-0.2, 0) is 10.0 Å². The molecule has 1 aromatic heterocycles. The minimum Gasteiger partial charge on any atom is -0.506 e. The summed E-state index contributed by atoms with van der Waals surface area (Å²) >= 11 is 0. The average molecular weight is 350 g/mol. The van der Waals surface area contributed by atoms with E-state index in [4.69, 9.17) is 0 Å². The smallest absolute Gasteiger partial charge is 0.261 e. The van der Waals surface area contributed by atoms with Crippen molar-refractivity contribution in [3.05, 3.63) is 72.9 Å². The highest BCUT2D eigenvalue weighted by molar-refractivity contribution is 7.92. The van der Waals surface area contributed by atoms with Crippen molar-refractivity contribution in [2.45, 2.75) is 4.90 Å². The number of aromatic nitrogens is 1. The van der Waals surface area contributed by atoms with Crippen molar-refractivity contribution in [1.82, 2.24) is 4.98 Å². The van der Waals surface area contributed by atoms with Gasteiger partial charge in [-0.15, -0.1) is 0 Å². The van der Waals surface area contributed by atoms with Crippen LogP contribution in [0.5, 0.6) is 5.75 Å². The molecule has 6 heteroatoms. The molecule has 0 aliphatic carbocycles. The second kappa shape index (κ2) is 5.75. The zero-order valence-electron chi connectivity index (χ0n) is 13.0. The Balaban J connectivity index is 1.80. The van der Waals surface area contributed by atoms with Crippen LogP contribution in [0.25, 0.3) is 21.7 Å². The molecule has 25 heavy (non-hydrogen) atoms.